The molecular weight excluding hydrogens is 232 g/mol. The quantitative estimate of drug-likeness (QED) is 0.885. The van der Waals surface area contributed by atoms with Crippen LogP contribution in [0.3, 0.4) is 0 Å². The van der Waals surface area contributed by atoms with E-state index in [1.165, 1.54) is 0 Å². The first-order chi connectivity index (χ1) is 8.25. The van der Waals surface area contributed by atoms with Gasteiger partial charge < -0.3 is 5.11 Å². The predicted molar refractivity (Wildman–Crippen MR) is 68.9 cm³/mol. The van der Waals surface area contributed by atoms with Crippen LogP contribution in [0.25, 0.3) is 0 Å². The Kier molecular flexibility index (Phi) is 4.27. The molecule has 0 aromatic carbocycles. The van der Waals surface area contributed by atoms with Gasteiger partial charge >= 0.3 is 11.7 Å². The third-order valence-electron chi connectivity index (χ3n) is 3.15. The van der Waals surface area contributed by atoms with E-state index < -0.39 is 11.9 Å². The number of aliphatic carboxylic acids is 1. The van der Waals surface area contributed by atoms with Gasteiger partial charge in [0.25, 0.3) is 0 Å². The van der Waals surface area contributed by atoms with Crippen LogP contribution in [0.2, 0.25) is 0 Å². The van der Waals surface area contributed by atoms with Gasteiger partial charge in [0.2, 0.25) is 0 Å². The summed E-state index contributed by atoms with van der Waals surface area (Å²) in [6, 6.07) is 0.0180. The minimum atomic E-state index is -0.837. The summed E-state index contributed by atoms with van der Waals surface area (Å²) in [5.74, 6) is -1.32. The Bertz CT molecular complexity index is 518. The topological polar surface area (TPSA) is 72.2 Å². The van der Waals surface area contributed by atoms with E-state index >= 15 is 0 Å². The second-order valence-corrected chi connectivity index (χ2v) is 4.95. The standard InChI is InChI=1S/C13H20N2O3/c1-7(2)15-10(5)11(6-8(3)12(16)17)9(4)14-13(15)18/h7-8H,6H2,1-5H3,(H,16,17). The first-order valence-electron chi connectivity index (χ1n) is 6.07. The maximum absolute atomic E-state index is 11.8. The Hall–Kier alpha value is -1.65. The smallest absolute Gasteiger partial charge is 0.348 e. The van der Waals surface area contributed by atoms with E-state index in [1.54, 1.807) is 18.4 Å². The average molecular weight is 252 g/mol. The first-order valence-corrected chi connectivity index (χ1v) is 6.07. The molecule has 0 aliphatic rings. The predicted octanol–water partition coefficient (Wildman–Crippen LogP) is 1.70. The summed E-state index contributed by atoms with van der Waals surface area (Å²) in [5, 5.41) is 8.97. The SMILES string of the molecule is Cc1nc(=O)n(C(C)C)c(C)c1CC(C)C(=O)O. The van der Waals surface area contributed by atoms with Crippen molar-refractivity contribution >= 4 is 5.97 Å². The number of carboxylic acids is 1. The second-order valence-electron chi connectivity index (χ2n) is 4.95. The van der Waals surface area contributed by atoms with Gasteiger partial charge in [-0.05, 0) is 39.7 Å². The molecule has 0 radical (unpaired) electrons. The zero-order valence-corrected chi connectivity index (χ0v) is 11.5. The summed E-state index contributed by atoms with van der Waals surface area (Å²) in [4.78, 5) is 26.7. The van der Waals surface area contributed by atoms with Crippen molar-refractivity contribution in [3.8, 4) is 0 Å². The largest absolute Gasteiger partial charge is 0.481 e. The molecule has 1 unspecified atom stereocenters. The van der Waals surface area contributed by atoms with Crippen LogP contribution < -0.4 is 5.69 Å². The number of aryl methyl sites for hydroxylation is 1. The molecule has 18 heavy (non-hydrogen) atoms. The Balaban J connectivity index is 3.32. The fourth-order valence-electron chi connectivity index (χ4n) is 2.11. The molecule has 1 aromatic rings. The molecule has 1 atom stereocenters. The monoisotopic (exact) mass is 252 g/mol. The van der Waals surface area contributed by atoms with Crippen LogP contribution in [0.15, 0.2) is 4.79 Å². The Labute approximate surface area is 106 Å². The molecule has 1 aromatic heterocycles. The second kappa shape index (κ2) is 5.33. The third kappa shape index (κ3) is 2.78. The van der Waals surface area contributed by atoms with Crippen LogP contribution in [-0.4, -0.2) is 20.6 Å². The van der Waals surface area contributed by atoms with Crippen molar-refractivity contribution in [3.63, 3.8) is 0 Å². The van der Waals surface area contributed by atoms with Gasteiger partial charge in [-0.1, -0.05) is 6.92 Å². The van der Waals surface area contributed by atoms with E-state index in [1.807, 2.05) is 20.8 Å². The molecule has 0 fully saturated rings. The summed E-state index contributed by atoms with van der Waals surface area (Å²) >= 11 is 0. The molecule has 100 valence electrons. The van der Waals surface area contributed by atoms with Crippen molar-refractivity contribution in [2.24, 2.45) is 5.92 Å². The van der Waals surface area contributed by atoms with Gasteiger partial charge in [0, 0.05) is 17.4 Å². The van der Waals surface area contributed by atoms with E-state index in [-0.39, 0.29) is 11.7 Å². The van der Waals surface area contributed by atoms with Gasteiger partial charge in [-0.3, -0.25) is 9.36 Å². The normalized spacial score (nSPS) is 12.8. The van der Waals surface area contributed by atoms with Crippen LogP contribution in [-0.2, 0) is 11.2 Å². The van der Waals surface area contributed by atoms with Gasteiger partial charge in [-0.2, -0.15) is 4.98 Å². The lowest BCUT2D eigenvalue weighted by molar-refractivity contribution is -0.141. The van der Waals surface area contributed by atoms with Crippen molar-refractivity contribution in [1.29, 1.82) is 0 Å². The van der Waals surface area contributed by atoms with Crippen LogP contribution in [0.4, 0.5) is 0 Å². The Morgan fingerprint density at radius 3 is 2.33 bits per heavy atom. The van der Waals surface area contributed by atoms with E-state index in [9.17, 15) is 9.59 Å². The van der Waals surface area contributed by atoms with Gasteiger partial charge in [0.05, 0.1) is 5.92 Å². The fraction of sp³-hybridized carbons (Fsp3) is 0.615. The van der Waals surface area contributed by atoms with Crippen LogP contribution in [0.1, 0.15) is 43.8 Å². The zero-order chi connectivity index (χ0) is 14.0. The molecule has 0 aliphatic carbocycles. The van der Waals surface area contributed by atoms with Crippen molar-refractivity contribution in [2.75, 3.05) is 0 Å². The minimum Gasteiger partial charge on any atom is -0.481 e. The molecule has 0 aliphatic heterocycles. The van der Waals surface area contributed by atoms with E-state index in [0.29, 0.717) is 12.1 Å². The molecular formula is C13H20N2O3. The van der Waals surface area contributed by atoms with Gasteiger partial charge in [-0.15, -0.1) is 0 Å². The molecule has 0 saturated carbocycles. The number of hydrogen-bond donors (Lipinski definition) is 1. The van der Waals surface area contributed by atoms with Gasteiger partial charge in [0.1, 0.15) is 0 Å². The molecule has 1 heterocycles. The highest BCUT2D eigenvalue weighted by Gasteiger charge is 2.18. The van der Waals surface area contributed by atoms with Crippen molar-refractivity contribution in [1.82, 2.24) is 9.55 Å². The highest BCUT2D eigenvalue weighted by Crippen LogP contribution is 2.17. The third-order valence-corrected chi connectivity index (χ3v) is 3.15. The fourth-order valence-corrected chi connectivity index (χ4v) is 2.11. The summed E-state index contributed by atoms with van der Waals surface area (Å²) in [6.07, 6.45) is 0.396. The number of nitrogens with zero attached hydrogens (tertiary/aromatic N) is 2. The van der Waals surface area contributed by atoms with E-state index in [0.717, 1.165) is 11.3 Å². The van der Waals surface area contributed by atoms with E-state index in [4.69, 9.17) is 5.11 Å². The summed E-state index contributed by atoms with van der Waals surface area (Å²) in [6.45, 7) is 9.08. The van der Waals surface area contributed by atoms with Crippen LogP contribution >= 0.6 is 0 Å². The highest BCUT2D eigenvalue weighted by molar-refractivity contribution is 5.70. The van der Waals surface area contributed by atoms with Crippen molar-refractivity contribution in [2.45, 2.75) is 47.1 Å². The maximum Gasteiger partial charge on any atom is 0.348 e. The molecule has 5 nitrogen and oxygen atoms in total. The molecule has 0 saturated heterocycles. The molecule has 1 N–H and O–H groups in total. The van der Waals surface area contributed by atoms with Gasteiger partial charge in [-0.25, -0.2) is 4.79 Å². The first kappa shape index (κ1) is 14.4. The summed E-state index contributed by atoms with van der Waals surface area (Å²) in [7, 11) is 0. The average Bonchev–Trinajstić information content (AvgIpc) is 2.22. The molecule has 0 spiro atoms. The molecule has 1 rings (SSSR count). The number of hydrogen-bond acceptors (Lipinski definition) is 3. The highest BCUT2D eigenvalue weighted by atomic mass is 16.4. The van der Waals surface area contributed by atoms with Gasteiger partial charge in [0.15, 0.2) is 0 Å². The van der Waals surface area contributed by atoms with Crippen LogP contribution in [0.5, 0.6) is 0 Å². The molecule has 0 amide bonds. The Morgan fingerprint density at radius 1 is 1.33 bits per heavy atom. The lowest BCUT2D eigenvalue weighted by Crippen LogP contribution is -2.30. The summed E-state index contributed by atoms with van der Waals surface area (Å²) in [5.41, 5.74) is 2.03. The van der Waals surface area contributed by atoms with Crippen molar-refractivity contribution < 1.29 is 9.90 Å². The number of carboxylic acid groups (broad SMARTS) is 1. The lowest BCUT2D eigenvalue weighted by Gasteiger charge is -2.19. The Morgan fingerprint density at radius 2 is 1.89 bits per heavy atom. The number of aromatic nitrogens is 2. The lowest BCUT2D eigenvalue weighted by atomic mass is 9.98. The number of rotatable bonds is 4. The maximum atomic E-state index is 11.8. The minimum absolute atomic E-state index is 0.0180. The number of carbonyl (C=O) groups is 1. The zero-order valence-electron chi connectivity index (χ0n) is 11.5. The van der Waals surface area contributed by atoms with E-state index in [2.05, 4.69) is 4.98 Å². The summed E-state index contributed by atoms with van der Waals surface area (Å²) < 4.78 is 1.61. The molecule has 5 heteroatoms. The van der Waals surface area contributed by atoms with Crippen LogP contribution in [0, 0.1) is 19.8 Å². The van der Waals surface area contributed by atoms with Crippen molar-refractivity contribution in [3.05, 3.63) is 27.4 Å². The molecule has 0 bridgehead atoms.